The zero-order chi connectivity index (χ0) is 47.8. The summed E-state index contributed by atoms with van der Waals surface area (Å²) in [5.74, 6) is 0. The summed E-state index contributed by atoms with van der Waals surface area (Å²) in [6.45, 7) is 18.5. The average Bonchev–Trinajstić information content (AvgIpc) is 3.30. The van der Waals surface area contributed by atoms with E-state index < -0.39 is 0 Å². The van der Waals surface area contributed by atoms with Gasteiger partial charge in [0.2, 0.25) is 0 Å². The summed E-state index contributed by atoms with van der Waals surface area (Å²) in [7, 11) is 0. The molecule has 66 heavy (non-hydrogen) atoms. The molecule has 1 rings (SSSR count). The standard InChI is InChI=1S/C65H126N/c1-7-9-11-13-15-17-19-21-23-27-31-35-39-43-47-54-60-66(62-64-57-51-49-52-58-64,61-55-48-44-40-36-32-28-24-22-20-18-16-14-12-10-8-2)63(3)56-50-45-41-37-33-29-25-26-30-34-38-42-46-53-59-65(4,5)6/h49,51-52,57-58,63H,7-48,50,53-56,59-62H2,1-6H3/q+1. The fourth-order valence-corrected chi connectivity index (χ4v) is 11.3. The number of hydrogen-bond acceptors (Lipinski definition) is 0. The highest BCUT2D eigenvalue weighted by atomic mass is 15.4. The maximum atomic E-state index is 2.67. The minimum absolute atomic E-state index is 0.516. The Hall–Kier alpha value is -0.820. The van der Waals surface area contributed by atoms with Crippen molar-refractivity contribution in [1.29, 1.82) is 0 Å². The largest absolute Gasteiger partial charge is 0.318 e. The van der Waals surface area contributed by atoms with Crippen LogP contribution in [0.2, 0.25) is 0 Å². The van der Waals surface area contributed by atoms with Gasteiger partial charge in [-0.15, -0.1) is 0 Å². The van der Waals surface area contributed by atoms with Crippen LogP contribution in [0.1, 0.15) is 355 Å². The first-order valence-electron chi connectivity index (χ1n) is 31.2. The molecule has 390 valence electrons. The van der Waals surface area contributed by atoms with E-state index in [4.69, 9.17) is 0 Å². The molecule has 0 bridgehead atoms. The smallest absolute Gasteiger partial charge is 0.105 e. The van der Waals surface area contributed by atoms with Gasteiger partial charge in [-0.25, -0.2) is 0 Å². The lowest BCUT2D eigenvalue weighted by Gasteiger charge is -2.44. The van der Waals surface area contributed by atoms with Crippen LogP contribution in [0.5, 0.6) is 0 Å². The average molecular weight is 922 g/mol. The van der Waals surface area contributed by atoms with Crippen molar-refractivity contribution in [2.75, 3.05) is 13.1 Å². The van der Waals surface area contributed by atoms with Gasteiger partial charge in [0.05, 0.1) is 19.1 Å². The molecule has 0 N–H and O–H groups in total. The molecule has 1 heteroatoms. The number of quaternary nitrogens is 1. The first-order valence-corrected chi connectivity index (χ1v) is 31.2. The van der Waals surface area contributed by atoms with E-state index in [9.17, 15) is 0 Å². The molecule has 1 aromatic rings. The number of hydrogen-bond donors (Lipinski definition) is 0. The summed E-state index contributed by atoms with van der Waals surface area (Å²) in [5, 5.41) is 0. The molecular formula is C65H126N+. The van der Waals surface area contributed by atoms with E-state index in [0.29, 0.717) is 5.41 Å². The molecule has 0 saturated carbocycles. The number of benzene rings is 1. The lowest BCUT2D eigenvalue weighted by Crippen LogP contribution is -2.54. The zero-order valence-electron chi connectivity index (χ0n) is 47.0. The first kappa shape index (κ1) is 63.2. The Kier molecular flexibility index (Phi) is 45.8. The van der Waals surface area contributed by atoms with Gasteiger partial charge in [-0.3, -0.25) is 0 Å². The highest BCUT2D eigenvalue weighted by Crippen LogP contribution is 2.28. The molecular weight excluding hydrogens is 795 g/mol. The van der Waals surface area contributed by atoms with Crippen LogP contribution in [0.25, 0.3) is 0 Å². The molecule has 0 fully saturated rings. The summed E-state index contributed by atoms with van der Waals surface area (Å²) in [6, 6.07) is 12.5. The maximum absolute atomic E-state index is 2.67. The molecule has 1 atom stereocenters. The SMILES string of the molecule is CCCCCCCCCCCCCCCCCC[N+](CCCCCCCCCCCCCCCCCC)(Cc1ccccc1)C(C)CCCCCCCCCCCCCCCCC(C)(C)C. The van der Waals surface area contributed by atoms with E-state index in [-0.39, 0.29) is 0 Å². The van der Waals surface area contributed by atoms with Crippen LogP contribution in [0, 0.1) is 5.41 Å². The molecule has 1 aromatic carbocycles. The normalized spacial score (nSPS) is 12.7. The predicted octanol–water partition coefficient (Wildman–Crippen LogP) is 23.2. The molecule has 0 heterocycles. The van der Waals surface area contributed by atoms with E-state index in [2.05, 4.69) is 71.9 Å². The van der Waals surface area contributed by atoms with Crippen molar-refractivity contribution in [3.05, 3.63) is 35.9 Å². The number of rotatable bonds is 53. The Bertz CT molecular complexity index is 1020. The van der Waals surface area contributed by atoms with Crippen LogP contribution >= 0.6 is 0 Å². The molecule has 1 unspecified atom stereocenters. The van der Waals surface area contributed by atoms with Crippen molar-refractivity contribution in [3.63, 3.8) is 0 Å². The van der Waals surface area contributed by atoms with Crippen molar-refractivity contribution in [1.82, 2.24) is 0 Å². The fourth-order valence-electron chi connectivity index (χ4n) is 11.3. The van der Waals surface area contributed by atoms with Gasteiger partial charge >= 0.3 is 0 Å². The van der Waals surface area contributed by atoms with Crippen LogP contribution in [0.4, 0.5) is 0 Å². The van der Waals surface area contributed by atoms with Gasteiger partial charge in [-0.1, -0.05) is 328 Å². The van der Waals surface area contributed by atoms with E-state index in [1.165, 1.54) is 332 Å². The van der Waals surface area contributed by atoms with Crippen LogP contribution in [0.3, 0.4) is 0 Å². The summed E-state index contributed by atoms with van der Waals surface area (Å²) >= 11 is 0. The van der Waals surface area contributed by atoms with E-state index >= 15 is 0 Å². The highest BCUT2D eigenvalue weighted by molar-refractivity contribution is 5.13. The second-order valence-corrected chi connectivity index (χ2v) is 23.8. The maximum Gasteiger partial charge on any atom is 0.105 e. The predicted molar refractivity (Wildman–Crippen MR) is 302 cm³/mol. The quantitative estimate of drug-likeness (QED) is 0.0451. The van der Waals surface area contributed by atoms with Crippen LogP contribution in [-0.2, 0) is 6.54 Å². The first-order chi connectivity index (χ1) is 32.3. The third kappa shape index (κ3) is 42.1. The Labute approximate surface area is 419 Å². The van der Waals surface area contributed by atoms with Gasteiger partial charge in [0.15, 0.2) is 0 Å². The Morgan fingerprint density at radius 1 is 0.333 bits per heavy atom. The van der Waals surface area contributed by atoms with Crippen molar-refractivity contribution in [2.45, 2.75) is 362 Å². The van der Waals surface area contributed by atoms with Gasteiger partial charge in [0.25, 0.3) is 0 Å². The van der Waals surface area contributed by atoms with Crippen LogP contribution in [0.15, 0.2) is 30.3 Å². The van der Waals surface area contributed by atoms with Crippen LogP contribution < -0.4 is 0 Å². The monoisotopic (exact) mass is 921 g/mol. The van der Waals surface area contributed by atoms with Gasteiger partial charge in [-0.2, -0.15) is 0 Å². The second-order valence-electron chi connectivity index (χ2n) is 23.8. The van der Waals surface area contributed by atoms with E-state index in [0.717, 1.165) is 6.04 Å². The topological polar surface area (TPSA) is 0 Å². The molecule has 0 spiro atoms. The minimum atomic E-state index is 0.516. The van der Waals surface area contributed by atoms with E-state index in [1.54, 1.807) is 5.56 Å². The van der Waals surface area contributed by atoms with Gasteiger partial charge in [0.1, 0.15) is 6.54 Å². The summed E-state index contributed by atoms with van der Waals surface area (Å²) in [6.07, 6.45) is 69.8. The molecule has 0 saturated heterocycles. The van der Waals surface area contributed by atoms with Gasteiger partial charge in [0, 0.05) is 5.56 Å². The highest BCUT2D eigenvalue weighted by Gasteiger charge is 2.33. The van der Waals surface area contributed by atoms with Crippen molar-refractivity contribution in [2.24, 2.45) is 5.41 Å². The molecule has 0 radical (unpaired) electrons. The van der Waals surface area contributed by atoms with Crippen LogP contribution in [-0.4, -0.2) is 23.6 Å². The fraction of sp³-hybridized carbons (Fsp3) is 0.908. The third-order valence-electron chi connectivity index (χ3n) is 16.0. The summed E-state index contributed by atoms with van der Waals surface area (Å²) < 4.78 is 1.35. The van der Waals surface area contributed by atoms with Crippen molar-refractivity contribution >= 4 is 0 Å². The Morgan fingerprint density at radius 3 is 0.879 bits per heavy atom. The lowest BCUT2D eigenvalue weighted by atomic mass is 9.89. The second kappa shape index (κ2) is 47.8. The molecule has 0 aromatic heterocycles. The summed E-state index contributed by atoms with van der Waals surface area (Å²) in [4.78, 5) is 0. The lowest BCUT2D eigenvalue weighted by molar-refractivity contribution is -0.962. The number of nitrogens with zero attached hydrogens (tertiary/aromatic N) is 1. The van der Waals surface area contributed by atoms with Crippen molar-refractivity contribution in [3.8, 4) is 0 Å². The van der Waals surface area contributed by atoms with Gasteiger partial charge in [-0.05, 0) is 57.3 Å². The molecule has 1 nitrogen and oxygen atoms in total. The molecule has 0 aliphatic carbocycles. The minimum Gasteiger partial charge on any atom is -0.318 e. The molecule has 0 aliphatic heterocycles. The Balaban J connectivity index is 2.51. The van der Waals surface area contributed by atoms with E-state index in [1.807, 2.05) is 0 Å². The van der Waals surface area contributed by atoms with Gasteiger partial charge < -0.3 is 4.48 Å². The molecule has 0 amide bonds. The Morgan fingerprint density at radius 2 is 0.591 bits per heavy atom. The third-order valence-corrected chi connectivity index (χ3v) is 16.0. The zero-order valence-corrected chi connectivity index (χ0v) is 47.0. The van der Waals surface area contributed by atoms with Crippen molar-refractivity contribution < 1.29 is 4.48 Å². The summed E-state index contributed by atoms with van der Waals surface area (Å²) in [5.41, 5.74) is 2.09. The number of unbranched alkanes of at least 4 members (excludes halogenated alkanes) is 43. The molecule has 0 aliphatic rings.